The van der Waals surface area contributed by atoms with Crippen LogP contribution in [0.15, 0.2) is 15.0 Å². The van der Waals surface area contributed by atoms with Crippen LogP contribution in [-0.4, -0.2) is 16.3 Å². The molecule has 0 radical (unpaired) electrons. The molecule has 0 bridgehead atoms. The first-order chi connectivity index (χ1) is 4.83. The van der Waals surface area contributed by atoms with Gasteiger partial charge in [0.1, 0.15) is 6.10 Å². The molecule has 0 saturated heterocycles. The Bertz CT molecular complexity index is 244. The zero-order valence-electron chi connectivity index (χ0n) is 5.67. The van der Waals surface area contributed by atoms with Crippen LogP contribution in [0.5, 0.6) is 0 Å². The molecule has 3 heteroatoms. The number of aliphatic imine (C=N–C) groups is 1. The van der Waals surface area contributed by atoms with E-state index in [0.29, 0.717) is 12.0 Å². The van der Waals surface area contributed by atoms with Gasteiger partial charge in [0.15, 0.2) is 3.77 Å². The number of ether oxygens (including phenoxy) is 1. The predicted octanol–water partition coefficient (Wildman–Crippen LogP) is 1.68. The maximum atomic E-state index is 5.54. The van der Waals surface area contributed by atoms with Crippen molar-refractivity contribution < 1.29 is 4.74 Å². The van der Waals surface area contributed by atoms with Gasteiger partial charge in [-0.3, -0.25) is 4.99 Å². The molecule has 2 rings (SSSR count). The van der Waals surface area contributed by atoms with Crippen molar-refractivity contribution in [3.05, 3.63) is 9.97 Å². The van der Waals surface area contributed by atoms with Crippen LogP contribution in [0.3, 0.4) is 0 Å². The molecule has 54 valence electrons. The van der Waals surface area contributed by atoms with Crippen LogP contribution in [0.1, 0.15) is 6.92 Å². The maximum absolute atomic E-state index is 5.54. The monoisotopic (exact) mass is 249 g/mol. The zero-order valence-corrected chi connectivity index (χ0v) is 7.83. The Morgan fingerprint density at radius 3 is 3.20 bits per heavy atom. The second-order valence-corrected chi connectivity index (χ2v) is 4.27. The summed E-state index contributed by atoms with van der Waals surface area (Å²) in [6, 6.07) is 0. The summed E-state index contributed by atoms with van der Waals surface area (Å²) in [7, 11) is 0. The molecule has 0 aromatic heterocycles. The second kappa shape index (κ2) is 2.15. The van der Waals surface area contributed by atoms with Crippen molar-refractivity contribution in [3.63, 3.8) is 0 Å². The van der Waals surface area contributed by atoms with Crippen LogP contribution in [0.25, 0.3) is 0 Å². The van der Waals surface area contributed by atoms with E-state index >= 15 is 0 Å². The second-order valence-electron chi connectivity index (χ2n) is 2.45. The summed E-state index contributed by atoms with van der Waals surface area (Å²) in [6.07, 6.45) is 2.15. The average Bonchev–Trinajstić information content (AvgIpc) is 2.62. The molecular weight excluding hydrogens is 241 g/mol. The average molecular weight is 249 g/mol. The van der Waals surface area contributed by atoms with Gasteiger partial charge in [0.2, 0.25) is 0 Å². The molecule has 1 aliphatic heterocycles. The third-order valence-electron chi connectivity index (χ3n) is 1.79. The summed E-state index contributed by atoms with van der Waals surface area (Å²) in [6.45, 7) is 2.14. The van der Waals surface area contributed by atoms with Crippen LogP contribution < -0.4 is 0 Å². The van der Waals surface area contributed by atoms with Crippen LogP contribution in [0, 0.1) is 5.92 Å². The van der Waals surface area contributed by atoms with E-state index in [1.165, 1.54) is 5.71 Å². The lowest BCUT2D eigenvalue weighted by molar-refractivity contribution is 0.225. The largest absolute Gasteiger partial charge is 0.477 e. The summed E-state index contributed by atoms with van der Waals surface area (Å²) >= 11 is -0.152. The van der Waals surface area contributed by atoms with Crippen molar-refractivity contribution in [2.75, 3.05) is 0 Å². The molecule has 0 N–H and O–H groups in total. The first kappa shape index (κ1) is 6.52. The lowest BCUT2D eigenvalue weighted by Gasteiger charge is -2.03. The molecule has 1 aliphatic carbocycles. The van der Waals surface area contributed by atoms with Crippen molar-refractivity contribution in [3.8, 4) is 0 Å². The van der Waals surface area contributed by atoms with Gasteiger partial charge in [-0.2, -0.15) is 0 Å². The van der Waals surface area contributed by atoms with Crippen LogP contribution >= 0.6 is 20.7 Å². The minimum absolute atomic E-state index is 0.152. The van der Waals surface area contributed by atoms with Crippen LogP contribution in [-0.2, 0) is 4.74 Å². The molecule has 1 heterocycles. The molecule has 0 aromatic rings. The molecule has 0 aromatic carbocycles. The van der Waals surface area contributed by atoms with E-state index < -0.39 is 0 Å². The predicted molar refractivity (Wildman–Crippen MR) is 50.7 cm³/mol. The standard InChI is InChI=1S/C7H8INO/c1-4-6-7(4)10-5(8-2)3-9-6/h3-4,7H,2H2,1H3. The quantitative estimate of drug-likeness (QED) is 0.648. The third-order valence-corrected chi connectivity index (χ3v) is 3.07. The smallest absolute Gasteiger partial charge is 0.169 e. The van der Waals surface area contributed by atoms with Crippen molar-refractivity contribution in [2.24, 2.45) is 10.9 Å². The van der Waals surface area contributed by atoms with Crippen LogP contribution in [0.2, 0.25) is 0 Å². The van der Waals surface area contributed by atoms with Crippen molar-refractivity contribution in [2.45, 2.75) is 13.0 Å². The topological polar surface area (TPSA) is 21.6 Å². The number of rotatable bonds is 1. The fourth-order valence-electron chi connectivity index (χ4n) is 1.04. The number of fused-ring (bicyclic) bond motifs is 1. The molecule has 2 unspecified atom stereocenters. The highest BCUT2D eigenvalue weighted by molar-refractivity contribution is 14.2. The normalized spacial score (nSPS) is 35.3. The van der Waals surface area contributed by atoms with Gasteiger partial charge in [-0.05, 0) is 0 Å². The van der Waals surface area contributed by atoms with Gasteiger partial charge in [0.05, 0.1) is 11.9 Å². The highest BCUT2D eigenvalue weighted by atomic mass is 127. The van der Waals surface area contributed by atoms with E-state index in [1.807, 2.05) is 6.20 Å². The fraction of sp³-hybridized carbons (Fsp3) is 0.429. The summed E-state index contributed by atoms with van der Waals surface area (Å²) in [5.41, 5.74) is 1.21. The Hall–Kier alpha value is -0.190. The molecule has 10 heavy (non-hydrogen) atoms. The Kier molecular flexibility index (Phi) is 1.40. The van der Waals surface area contributed by atoms with E-state index in [9.17, 15) is 0 Å². The van der Waals surface area contributed by atoms with Crippen LogP contribution in [0.4, 0.5) is 0 Å². The minimum atomic E-state index is -0.152. The van der Waals surface area contributed by atoms with Gasteiger partial charge in [0, 0.05) is 5.92 Å². The van der Waals surface area contributed by atoms with Crippen molar-refractivity contribution >= 4 is 31.0 Å². The number of halogens is 1. The number of hydrogen-bond acceptors (Lipinski definition) is 2. The summed E-state index contributed by atoms with van der Waals surface area (Å²) in [5.74, 6) is 0.560. The van der Waals surface area contributed by atoms with Gasteiger partial charge in [-0.25, -0.2) is 0 Å². The minimum Gasteiger partial charge on any atom is -0.477 e. The molecule has 0 amide bonds. The highest BCUT2D eigenvalue weighted by Crippen LogP contribution is 2.37. The van der Waals surface area contributed by atoms with E-state index in [4.69, 9.17) is 4.74 Å². The number of hydrogen-bond donors (Lipinski definition) is 0. The summed E-state index contributed by atoms with van der Waals surface area (Å²) in [5, 5.41) is 0. The molecule has 1 fully saturated rings. The molecule has 2 atom stereocenters. The van der Waals surface area contributed by atoms with E-state index in [2.05, 4.69) is 16.4 Å². The zero-order chi connectivity index (χ0) is 7.14. The summed E-state index contributed by atoms with van der Waals surface area (Å²) < 4.78 is 10.4. The Balaban J connectivity index is 2.19. The van der Waals surface area contributed by atoms with Gasteiger partial charge in [-0.15, -0.1) is 0 Å². The Morgan fingerprint density at radius 2 is 2.60 bits per heavy atom. The fourth-order valence-corrected chi connectivity index (χ4v) is 1.83. The lowest BCUT2D eigenvalue weighted by Crippen LogP contribution is -1.96. The van der Waals surface area contributed by atoms with E-state index in [-0.39, 0.29) is 20.7 Å². The number of nitrogens with zero attached hydrogens (tertiary/aromatic N) is 1. The molecular formula is C7H8INO. The van der Waals surface area contributed by atoms with E-state index in [1.54, 1.807) is 0 Å². The highest BCUT2D eigenvalue weighted by Gasteiger charge is 2.46. The summed E-state index contributed by atoms with van der Waals surface area (Å²) in [4.78, 5) is 4.25. The van der Waals surface area contributed by atoms with Crippen molar-refractivity contribution in [1.29, 1.82) is 0 Å². The van der Waals surface area contributed by atoms with Gasteiger partial charge in [-0.1, -0.05) is 32.2 Å². The van der Waals surface area contributed by atoms with Crippen molar-refractivity contribution in [1.82, 2.24) is 0 Å². The third kappa shape index (κ3) is 0.836. The first-order valence-electron chi connectivity index (χ1n) is 3.15. The first-order valence-corrected chi connectivity index (χ1v) is 5.76. The van der Waals surface area contributed by atoms with Gasteiger partial charge >= 0.3 is 0 Å². The Morgan fingerprint density at radius 1 is 1.80 bits per heavy atom. The molecule has 1 saturated carbocycles. The van der Waals surface area contributed by atoms with Gasteiger partial charge < -0.3 is 4.74 Å². The van der Waals surface area contributed by atoms with Gasteiger partial charge in [0.25, 0.3) is 0 Å². The molecule has 2 nitrogen and oxygen atoms in total. The lowest BCUT2D eigenvalue weighted by atomic mass is 10.5. The van der Waals surface area contributed by atoms with E-state index in [0.717, 1.165) is 3.77 Å². The molecule has 2 aliphatic rings. The maximum Gasteiger partial charge on any atom is 0.169 e. The molecule has 0 spiro atoms. The Labute approximate surface area is 69.7 Å². The SMILES string of the molecule is C=IC1=CN=C2C(C)C2O1.